The van der Waals surface area contributed by atoms with E-state index in [1.807, 2.05) is 0 Å². The smallest absolute Gasteiger partial charge is 0.0988 e. The number of rotatable bonds is 1. The van der Waals surface area contributed by atoms with E-state index >= 15 is 0 Å². The van der Waals surface area contributed by atoms with Gasteiger partial charge in [0.05, 0.1) is 32.2 Å². The predicted molar refractivity (Wildman–Crippen MR) is 51.5 cm³/mol. The van der Waals surface area contributed by atoms with Gasteiger partial charge in [-0.05, 0) is 12.2 Å². The normalized spacial score (nSPS) is 20.2. The van der Waals surface area contributed by atoms with Crippen molar-refractivity contribution in [1.82, 2.24) is 0 Å². The van der Waals surface area contributed by atoms with Crippen LogP contribution < -0.4 is 0 Å². The van der Waals surface area contributed by atoms with Crippen LogP contribution in [0.4, 0.5) is 0 Å². The van der Waals surface area contributed by atoms with Crippen LogP contribution in [0.2, 0.25) is 0 Å². The van der Waals surface area contributed by atoms with Crippen LogP contribution in [0.5, 0.6) is 0 Å². The Bertz CT molecular complexity index is 343. The van der Waals surface area contributed by atoms with E-state index in [-0.39, 0.29) is 16.5 Å². The zero-order valence-electron chi connectivity index (χ0n) is 6.35. The van der Waals surface area contributed by atoms with Crippen molar-refractivity contribution in [2.24, 2.45) is 0 Å². The Kier molecular flexibility index (Phi) is 2.59. The summed E-state index contributed by atoms with van der Waals surface area (Å²) >= 11 is 5.58. The lowest BCUT2D eigenvalue weighted by atomic mass is 10.1. The number of hydrogen-bond donors (Lipinski definition) is 2. The minimum Gasteiger partial charge on any atom is -0.297 e. The fourth-order valence-corrected chi connectivity index (χ4v) is 1.60. The van der Waals surface area contributed by atoms with Crippen LogP contribution in [-0.2, 0) is 10.8 Å². The molecule has 0 aliphatic heterocycles. The van der Waals surface area contributed by atoms with Crippen molar-refractivity contribution >= 4 is 33.8 Å². The van der Waals surface area contributed by atoms with Crippen LogP contribution >= 0.6 is 11.6 Å². The molecule has 0 saturated heterocycles. The summed E-state index contributed by atoms with van der Waals surface area (Å²) in [5.41, 5.74) is -0.118. The van der Waals surface area contributed by atoms with E-state index in [1.165, 1.54) is 18.4 Å². The maximum atomic E-state index is 11.0. The van der Waals surface area contributed by atoms with Crippen LogP contribution in [-0.4, -0.2) is 21.9 Å². The molecule has 12 heavy (non-hydrogen) atoms. The van der Waals surface area contributed by atoms with E-state index in [2.05, 4.69) is 0 Å². The molecule has 0 aromatic carbocycles. The van der Waals surface area contributed by atoms with Gasteiger partial charge in [-0.3, -0.25) is 15.0 Å². The van der Waals surface area contributed by atoms with Gasteiger partial charge in [0.15, 0.2) is 0 Å². The maximum absolute atomic E-state index is 11.0. The van der Waals surface area contributed by atoms with E-state index in [9.17, 15) is 4.21 Å². The quantitative estimate of drug-likeness (QED) is 0.621. The molecule has 0 aromatic rings. The molecule has 64 valence electrons. The molecule has 0 radical (unpaired) electrons. The van der Waals surface area contributed by atoms with E-state index < -0.39 is 10.8 Å². The zero-order valence-corrected chi connectivity index (χ0v) is 7.92. The monoisotopic (exact) mass is 202 g/mol. The minimum absolute atomic E-state index is 0.0525. The van der Waals surface area contributed by atoms with E-state index in [4.69, 9.17) is 22.4 Å². The first-order valence-electron chi connectivity index (χ1n) is 3.13. The lowest BCUT2D eigenvalue weighted by Crippen LogP contribution is -2.19. The standard InChI is InChI=1S/C7H7ClN2OS/c1-12(11)5-3-2-4(8)6(9)7(5)10/h2-3,9-10H,1H3. The molecule has 0 aromatic heterocycles. The molecule has 5 heteroatoms. The van der Waals surface area contributed by atoms with Crippen molar-refractivity contribution in [3.8, 4) is 0 Å². The van der Waals surface area contributed by atoms with Gasteiger partial charge in [0, 0.05) is 6.26 Å². The molecule has 0 bridgehead atoms. The van der Waals surface area contributed by atoms with E-state index in [0.29, 0.717) is 4.91 Å². The third kappa shape index (κ3) is 1.54. The summed E-state index contributed by atoms with van der Waals surface area (Å²) in [7, 11) is -1.23. The Balaban J connectivity index is 3.15. The Morgan fingerprint density at radius 1 is 1.33 bits per heavy atom. The molecule has 0 saturated carbocycles. The van der Waals surface area contributed by atoms with Crippen molar-refractivity contribution in [1.29, 1.82) is 10.8 Å². The van der Waals surface area contributed by atoms with Gasteiger partial charge in [0.1, 0.15) is 0 Å². The predicted octanol–water partition coefficient (Wildman–Crippen LogP) is 1.42. The molecule has 0 heterocycles. The molecular weight excluding hydrogens is 196 g/mol. The van der Waals surface area contributed by atoms with Gasteiger partial charge < -0.3 is 0 Å². The minimum atomic E-state index is -1.23. The first kappa shape index (κ1) is 9.35. The van der Waals surface area contributed by atoms with E-state index in [0.717, 1.165) is 0 Å². The Hall–Kier alpha value is -0.740. The second-order valence-electron chi connectivity index (χ2n) is 2.25. The number of hydrogen-bond acceptors (Lipinski definition) is 3. The summed E-state index contributed by atoms with van der Waals surface area (Å²) in [6.07, 6.45) is 4.47. The van der Waals surface area contributed by atoms with Crippen molar-refractivity contribution in [3.05, 3.63) is 22.1 Å². The molecule has 2 N–H and O–H groups in total. The summed E-state index contributed by atoms with van der Waals surface area (Å²) in [5, 5.41) is 14.9. The largest absolute Gasteiger partial charge is 0.297 e. The Morgan fingerprint density at radius 2 is 1.92 bits per heavy atom. The SMILES string of the molecule is CS(=O)C1=CC=C(Cl)C(=N)C1=N. The van der Waals surface area contributed by atoms with Crippen LogP contribution in [0.25, 0.3) is 0 Å². The first-order valence-corrected chi connectivity index (χ1v) is 5.06. The van der Waals surface area contributed by atoms with Crippen LogP contribution in [0.15, 0.2) is 22.1 Å². The van der Waals surface area contributed by atoms with Crippen molar-refractivity contribution in [3.63, 3.8) is 0 Å². The summed E-state index contributed by atoms with van der Waals surface area (Å²) in [6, 6.07) is 0. The molecule has 0 spiro atoms. The van der Waals surface area contributed by atoms with Gasteiger partial charge in [-0.1, -0.05) is 11.6 Å². The van der Waals surface area contributed by atoms with Gasteiger partial charge in [0.25, 0.3) is 0 Å². The summed E-state index contributed by atoms with van der Waals surface area (Å²) in [6.45, 7) is 0. The second kappa shape index (κ2) is 3.33. The third-order valence-corrected chi connectivity index (χ3v) is 2.70. The van der Waals surface area contributed by atoms with Gasteiger partial charge >= 0.3 is 0 Å². The summed E-state index contributed by atoms with van der Waals surface area (Å²) in [5.74, 6) is 0. The molecule has 0 amide bonds. The van der Waals surface area contributed by atoms with Crippen molar-refractivity contribution in [2.45, 2.75) is 0 Å². The molecule has 1 unspecified atom stereocenters. The number of allylic oxidation sites excluding steroid dienone is 4. The van der Waals surface area contributed by atoms with Crippen molar-refractivity contribution < 1.29 is 4.21 Å². The summed E-state index contributed by atoms with van der Waals surface area (Å²) in [4.78, 5) is 0.351. The maximum Gasteiger partial charge on any atom is 0.0988 e. The van der Waals surface area contributed by atoms with Crippen LogP contribution in [0.1, 0.15) is 0 Å². The highest BCUT2D eigenvalue weighted by molar-refractivity contribution is 7.89. The van der Waals surface area contributed by atoms with Gasteiger partial charge in [-0.2, -0.15) is 0 Å². The van der Waals surface area contributed by atoms with Crippen molar-refractivity contribution in [2.75, 3.05) is 6.26 Å². The third-order valence-electron chi connectivity index (χ3n) is 1.43. The number of nitrogens with one attached hydrogen (secondary N) is 2. The van der Waals surface area contributed by atoms with Crippen LogP contribution in [0, 0.1) is 10.8 Å². The molecule has 1 atom stereocenters. The summed E-state index contributed by atoms with van der Waals surface area (Å²) < 4.78 is 11.0. The highest BCUT2D eigenvalue weighted by Gasteiger charge is 2.19. The molecular formula is C7H7ClN2OS. The van der Waals surface area contributed by atoms with Gasteiger partial charge in [-0.25, -0.2) is 0 Å². The fourth-order valence-electron chi connectivity index (χ4n) is 0.798. The van der Waals surface area contributed by atoms with Gasteiger partial charge in [0.2, 0.25) is 0 Å². The lowest BCUT2D eigenvalue weighted by molar-refractivity contribution is 0.691. The van der Waals surface area contributed by atoms with Crippen LogP contribution in [0.3, 0.4) is 0 Å². The lowest BCUT2D eigenvalue weighted by Gasteiger charge is -2.10. The Labute approximate surface area is 77.6 Å². The van der Waals surface area contributed by atoms with E-state index in [1.54, 1.807) is 0 Å². The Morgan fingerprint density at radius 3 is 2.42 bits per heavy atom. The first-order chi connectivity index (χ1) is 5.54. The number of halogens is 1. The highest BCUT2D eigenvalue weighted by atomic mass is 35.5. The molecule has 0 fully saturated rings. The average molecular weight is 203 g/mol. The topological polar surface area (TPSA) is 64.8 Å². The molecule has 3 nitrogen and oxygen atoms in total. The van der Waals surface area contributed by atoms with Gasteiger partial charge in [-0.15, -0.1) is 0 Å². The molecule has 1 aliphatic rings. The molecule has 1 rings (SSSR count). The average Bonchev–Trinajstić information content (AvgIpc) is 2.00. The molecule has 1 aliphatic carbocycles. The fraction of sp³-hybridized carbons (Fsp3) is 0.143. The second-order valence-corrected chi connectivity index (χ2v) is 4.00. The highest BCUT2D eigenvalue weighted by Crippen LogP contribution is 2.16. The zero-order chi connectivity index (χ0) is 9.30.